The van der Waals surface area contributed by atoms with Crippen molar-refractivity contribution < 1.29 is 0 Å². The van der Waals surface area contributed by atoms with Crippen molar-refractivity contribution in [1.82, 2.24) is 5.32 Å². The first kappa shape index (κ1) is 13.1. The highest BCUT2D eigenvalue weighted by Crippen LogP contribution is 2.15. The molecule has 0 fully saturated rings. The van der Waals surface area contributed by atoms with Crippen LogP contribution in [0.5, 0.6) is 0 Å². The van der Waals surface area contributed by atoms with E-state index in [2.05, 4.69) is 54.7 Å². The van der Waals surface area contributed by atoms with Gasteiger partial charge in [-0.05, 0) is 35.4 Å². The fraction of sp³-hybridized carbons (Fsp3) is 0.412. The second kappa shape index (κ2) is 7.17. The summed E-state index contributed by atoms with van der Waals surface area (Å²) in [5, 5.41) is 6.18. The first-order valence-electron chi connectivity index (χ1n) is 7.08. The Morgan fingerprint density at radius 3 is 2.56 bits per heavy atom. The lowest BCUT2D eigenvalue weighted by Gasteiger charge is -2.06. The maximum Gasteiger partial charge on any atom is 0.0205 e. The molecule has 18 heavy (non-hydrogen) atoms. The average Bonchev–Trinajstić information content (AvgIpc) is 2.42. The largest absolute Gasteiger partial charge is 0.313 e. The van der Waals surface area contributed by atoms with Crippen LogP contribution in [0.4, 0.5) is 0 Å². The lowest BCUT2D eigenvalue weighted by Crippen LogP contribution is -2.14. The van der Waals surface area contributed by atoms with Crippen molar-refractivity contribution in [2.75, 3.05) is 6.54 Å². The minimum atomic E-state index is 0.983. The molecule has 0 saturated heterocycles. The van der Waals surface area contributed by atoms with Gasteiger partial charge in [-0.25, -0.2) is 0 Å². The van der Waals surface area contributed by atoms with Crippen LogP contribution in [0.2, 0.25) is 0 Å². The molecular weight excluding hydrogens is 218 g/mol. The number of unbranched alkanes of at least 4 members (excludes halogenated alkanes) is 3. The molecule has 0 unspecified atom stereocenters. The molecule has 0 aromatic heterocycles. The predicted molar refractivity (Wildman–Crippen MR) is 79.8 cm³/mol. The molecule has 0 aliphatic carbocycles. The van der Waals surface area contributed by atoms with Gasteiger partial charge >= 0.3 is 0 Å². The van der Waals surface area contributed by atoms with E-state index >= 15 is 0 Å². The van der Waals surface area contributed by atoms with Gasteiger partial charge in [-0.3, -0.25) is 0 Å². The Hall–Kier alpha value is -1.34. The topological polar surface area (TPSA) is 12.0 Å². The van der Waals surface area contributed by atoms with Crippen LogP contribution in [0.15, 0.2) is 42.5 Å². The van der Waals surface area contributed by atoms with E-state index in [0.29, 0.717) is 0 Å². The Balaban J connectivity index is 1.81. The van der Waals surface area contributed by atoms with Crippen molar-refractivity contribution in [1.29, 1.82) is 0 Å². The van der Waals surface area contributed by atoms with Crippen molar-refractivity contribution in [3.63, 3.8) is 0 Å². The summed E-state index contributed by atoms with van der Waals surface area (Å²) in [7, 11) is 0. The first-order chi connectivity index (χ1) is 8.90. The smallest absolute Gasteiger partial charge is 0.0205 e. The summed E-state index contributed by atoms with van der Waals surface area (Å²) in [6, 6.07) is 15.3. The van der Waals surface area contributed by atoms with Crippen LogP contribution in [-0.4, -0.2) is 6.54 Å². The molecule has 0 bridgehead atoms. The van der Waals surface area contributed by atoms with Gasteiger partial charge in [-0.15, -0.1) is 0 Å². The summed E-state index contributed by atoms with van der Waals surface area (Å²) >= 11 is 0. The Morgan fingerprint density at radius 1 is 0.889 bits per heavy atom. The van der Waals surface area contributed by atoms with Gasteiger partial charge < -0.3 is 5.32 Å². The van der Waals surface area contributed by atoms with Gasteiger partial charge in [0, 0.05) is 6.54 Å². The molecular formula is C17H23N. The zero-order valence-electron chi connectivity index (χ0n) is 11.3. The molecule has 0 atom stereocenters. The molecule has 0 radical (unpaired) electrons. The van der Waals surface area contributed by atoms with Crippen LogP contribution < -0.4 is 5.32 Å². The number of nitrogens with one attached hydrogen (secondary N) is 1. The van der Waals surface area contributed by atoms with E-state index in [1.54, 1.807) is 0 Å². The fourth-order valence-corrected chi connectivity index (χ4v) is 2.26. The van der Waals surface area contributed by atoms with Crippen molar-refractivity contribution in [3.05, 3.63) is 48.0 Å². The van der Waals surface area contributed by atoms with E-state index in [1.165, 1.54) is 42.0 Å². The second-order valence-corrected chi connectivity index (χ2v) is 4.92. The van der Waals surface area contributed by atoms with Gasteiger partial charge in [-0.1, -0.05) is 62.6 Å². The van der Waals surface area contributed by atoms with E-state index in [9.17, 15) is 0 Å². The van der Waals surface area contributed by atoms with Crippen molar-refractivity contribution in [2.24, 2.45) is 0 Å². The van der Waals surface area contributed by atoms with Crippen LogP contribution in [0.3, 0.4) is 0 Å². The summed E-state index contributed by atoms with van der Waals surface area (Å²) in [6.07, 6.45) is 5.31. The molecule has 96 valence electrons. The summed E-state index contributed by atoms with van der Waals surface area (Å²) in [5.74, 6) is 0. The van der Waals surface area contributed by atoms with Crippen LogP contribution in [0.25, 0.3) is 10.8 Å². The minimum absolute atomic E-state index is 0.983. The maximum absolute atomic E-state index is 3.53. The molecule has 1 nitrogen and oxygen atoms in total. The molecule has 1 heteroatoms. The molecule has 0 saturated carbocycles. The third kappa shape index (κ3) is 3.85. The first-order valence-corrected chi connectivity index (χ1v) is 7.08. The Kier molecular flexibility index (Phi) is 5.22. The highest BCUT2D eigenvalue weighted by molar-refractivity contribution is 5.82. The lowest BCUT2D eigenvalue weighted by atomic mass is 10.1. The van der Waals surface area contributed by atoms with Gasteiger partial charge in [0.25, 0.3) is 0 Å². The average molecular weight is 241 g/mol. The van der Waals surface area contributed by atoms with Crippen molar-refractivity contribution in [3.8, 4) is 0 Å². The van der Waals surface area contributed by atoms with Gasteiger partial charge in [0.15, 0.2) is 0 Å². The highest BCUT2D eigenvalue weighted by Gasteiger charge is 1.96. The Labute approximate surface area is 110 Å². The molecule has 0 aliphatic heterocycles. The number of rotatable bonds is 7. The second-order valence-electron chi connectivity index (χ2n) is 4.92. The van der Waals surface area contributed by atoms with Crippen molar-refractivity contribution in [2.45, 2.75) is 39.2 Å². The maximum atomic E-state index is 3.53. The van der Waals surface area contributed by atoms with Gasteiger partial charge in [0.1, 0.15) is 0 Å². The Morgan fingerprint density at radius 2 is 1.72 bits per heavy atom. The Bertz CT molecular complexity index is 476. The SMILES string of the molecule is CCCCCCNCc1ccc2ccccc2c1. The quantitative estimate of drug-likeness (QED) is 0.703. The monoisotopic (exact) mass is 241 g/mol. The van der Waals surface area contributed by atoms with Crippen LogP contribution in [-0.2, 0) is 6.54 Å². The molecule has 1 N–H and O–H groups in total. The number of hydrogen-bond donors (Lipinski definition) is 1. The van der Waals surface area contributed by atoms with Crippen molar-refractivity contribution >= 4 is 10.8 Å². The van der Waals surface area contributed by atoms with E-state index in [-0.39, 0.29) is 0 Å². The van der Waals surface area contributed by atoms with Gasteiger partial charge in [0.05, 0.1) is 0 Å². The fourth-order valence-electron chi connectivity index (χ4n) is 2.26. The summed E-state index contributed by atoms with van der Waals surface area (Å²) in [6.45, 7) is 4.37. The molecule has 0 spiro atoms. The van der Waals surface area contributed by atoms with E-state index in [4.69, 9.17) is 0 Å². The zero-order chi connectivity index (χ0) is 12.6. The highest BCUT2D eigenvalue weighted by atomic mass is 14.8. The van der Waals surface area contributed by atoms with Gasteiger partial charge in [-0.2, -0.15) is 0 Å². The standard InChI is InChI=1S/C17H23N/c1-2-3-4-7-12-18-14-15-10-11-16-8-5-6-9-17(16)13-15/h5-6,8-11,13,18H,2-4,7,12,14H2,1H3. The predicted octanol–water partition coefficient (Wildman–Crippen LogP) is 4.51. The molecule has 0 aliphatic rings. The summed E-state index contributed by atoms with van der Waals surface area (Å²) in [4.78, 5) is 0. The molecule has 0 amide bonds. The van der Waals surface area contributed by atoms with Crippen LogP contribution in [0, 0.1) is 0 Å². The summed E-state index contributed by atoms with van der Waals surface area (Å²) in [5.41, 5.74) is 1.38. The molecule has 2 rings (SSSR count). The number of benzene rings is 2. The normalized spacial score (nSPS) is 10.9. The summed E-state index contributed by atoms with van der Waals surface area (Å²) < 4.78 is 0. The molecule has 2 aromatic rings. The zero-order valence-corrected chi connectivity index (χ0v) is 11.3. The number of hydrogen-bond acceptors (Lipinski definition) is 1. The van der Waals surface area contributed by atoms with E-state index in [0.717, 1.165) is 13.1 Å². The molecule has 2 aromatic carbocycles. The van der Waals surface area contributed by atoms with Crippen LogP contribution >= 0.6 is 0 Å². The molecule has 0 heterocycles. The van der Waals surface area contributed by atoms with Crippen LogP contribution in [0.1, 0.15) is 38.2 Å². The third-order valence-corrected chi connectivity index (χ3v) is 3.35. The lowest BCUT2D eigenvalue weighted by molar-refractivity contribution is 0.598. The van der Waals surface area contributed by atoms with E-state index < -0.39 is 0 Å². The van der Waals surface area contributed by atoms with E-state index in [1.807, 2.05) is 0 Å². The minimum Gasteiger partial charge on any atom is -0.313 e. The van der Waals surface area contributed by atoms with Gasteiger partial charge in [0.2, 0.25) is 0 Å². The third-order valence-electron chi connectivity index (χ3n) is 3.35. The number of fused-ring (bicyclic) bond motifs is 1.